The Morgan fingerprint density at radius 3 is 2.38 bits per heavy atom. The Morgan fingerprint density at radius 2 is 1.81 bits per heavy atom. The Morgan fingerprint density at radius 1 is 1.12 bits per heavy atom. The van der Waals surface area contributed by atoms with Crippen molar-refractivity contribution in [2.75, 3.05) is 26.2 Å². The number of rotatable bonds is 4. The summed E-state index contributed by atoms with van der Waals surface area (Å²) in [5.74, 6) is 0.0476. The van der Waals surface area contributed by atoms with Crippen molar-refractivity contribution in [3.05, 3.63) is 51.2 Å². The van der Waals surface area contributed by atoms with Gasteiger partial charge in [0.05, 0.1) is 21.3 Å². The quantitative estimate of drug-likeness (QED) is 0.760. The third-order valence-electron chi connectivity index (χ3n) is 4.70. The Kier molecular flexibility index (Phi) is 5.82. The van der Waals surface area contributed by atoms with E-state index in [9.17, 15) is 4.79 Å². The van der Waals surface area contributed by atoms with E-state index in [-0.39, 0.29) is 5.91 Å². The van der Waals surface area contributed by atoms with Crippen LogP contribution in [0.4, 0.5) is 0 Å². The molecular weight excluding hydrogens is 395 g/mol. The number of carbonyl (C=O) groups is 1. The lowest BCUT2D eigenvalue weighted by atomic mass is 10.0. The topological polar surface area (TPSA) is 41.4 Å². The highest BCUT2D eigenvalue weighted by Crippen LogP contribution is 2.24. The van der Waals surface area contributed by atoms with Gasteiger partial charge in [0, 0.05) is 38.9 Å². The second-order valence-electron chi connectivity index (χ2n) is 6.98. The van der Waals surface area contributed by atoms with Gasteiger partial charge in [-0.1, -0.05) is 40.9 Å². The normalized spacial score (nSPS) is 16.1. The van der Waals surface area contributed by atoms with E-state index in [0.29, 0.717) is 28.2 Å². The first-order valence-corrected chi connectivity index (χ1v) is 9.57. The molecular formula is C18H21Cl3N4O. The average molecular weight is 416 g/mol. The highest BCUT2D eigenvalue weighted by atomic mass is 35.5. The molecule has 0 aliphatic carbocycles. The number of hydrogen-bond acceptors (Lipinski definition) is 3. The number of halogens is 3. The zero-order valence-corrected chi connectivity index (χ0v) is 17.0. The first-order chi connectivity index (χ1) is 12.3. The summed E-state index contributed by atoms with van der Waals surface area (Å²) in [6.07, 6.45) is 3.23. The molecule has 1 aliphatic heterocycles. The maximum absolute atomic E-state index is 12.9. The molecule has 2 heterocycles. The Bertz CT molecular complexity index is 797. The van der Waals surface area contributed by atoms with Crippen molar-refractivity contribution >= 4 is 40.7 Å². The molecule has 0 bridgehead atoms. The summed E-state index contributed by atoms with van der Waals surface area (Å²) in [5, 5.41) is 5.85. The van der Waals surface area contributed by atoms with E-state index in [1.807, 2.05) is 36.9 Å². The van der Waals surface area contributed by atoms with Crippen LogP contribution in [-0.4, -0.2) is 51.7 Å². The fourth-order valence-electron chi connectivity index (χ4n) is 3.10. The van der Waals surface area contributed by atoms with Crippen molar-refractivity contribution in [1.82, 2.24) is 19.6 Å². The average Bonchev–Trinajstić information content (AvgIpc) is 3.05. The Balaban J connectivity index is 1.59. The van der Waals surface area contributed by atoms with Crippen LogP contribution in [0.3, 0.4) is 0 Å². The van der Waals surface area contributed by atoms with Crippen molar-refractivity contribution < 1.29 is 4.79 Å². The highest BCUT2D eigenvalue weighted by Gasteiger charge is 2.36. The van der Waals surface area contributed by atoms with Gasteiger partial charge in [-0.25, -0.2) is 0 Å². The van der Waals surface area contributed by atoms with Gasteiger partial charge in [0.1, 0.15) is 5.54 Å². The monoisotopic (exact) mass is 414 g/mol. The number of amides is 1. The van der Waals surface area contributed by atoms with Crippen LogP contribution in [-0.2, 0) is 16.9 Å². The molecule has 140 valence electrons. The van der Waals surface area contributed by atoms with Gasteiger partial charge in [-0.05, 0) is 31.5 Å². The van der Waals surface area contributed by atoms with E-state index in [2.05, 4.69) is 10.00 Å². The fraction of sp³-hybridized carbons (Fsp3) is 0.444. The van der Waals surface area contributed by atoms with Crippen LogP contribution >= 0.6 is 34.8 Å². The number of benzene rings is 1. The van der Waals surface area contributed by atoms with Crippen LogP contribution in [0.1, 0.15) is 19.4 Å². The number of hydrogen-bond donors (Lipinski definition) is 0. The molecule has 0 spiro atoms. The van der Waals surface area contributed by atoms with Gasteiger partial charge in [-0.3, -0.25) is 14.4 Å². The van der Waals surface area contributed by atoms with E-state index in [0.717, 1.165) is 25.2 Å². The minimum atomic E-state index is -0.765. The van der Waals surface area contributed by atoms with Gasteiger partial charge >= 0.3 is 0 Å². The lowest BCUT2D eigenvalue weighted by Gasteiger charge is -2.38. The maximum Gasteiger partial charge on any atom is 0.250 e. The summed E-state index contributed by atoms with van der Waals surface area (Å²) in [6.45, 7) is 7.49. The summed E-state index contributed by atoms with van der Waals surface area (Å²) >= 11 is 18.0. The third kappa shape index (κ3) is 4.17. The molecule has 3 rings (SSSR count). The lowest BCUT2D eigenvalue weighted by molar-refractivity contribution is -0.141. The molecule has 1 aromatic heterocycles. The van der Waals surface area contributed by atoms with Crippen LogP contribution in [0.2, 0.25) is 15.1 Å². The smallest absolute Gasteiger partial charge is 0.250 e. The Labute approximate surface area is 168 Å². The fourth-order valence-corrected chi connectivity index (χ4v) is 3.55. The molecule has 26 heavy (non-hydrogen) atoms. The van der Waals surface area contributed by atoms with Crippen molar-refractivity contribution in [3.8, 4) is 0 Å². The van der Waals surface area contributed by atoms with Crippen LogP contribution < -0.4 is 0 Å². The standard InChI is InChI=1S/C18H21Cl3N4O/c1-18(2,25-12-14(19)10-22-25)17(26)24-7-5-23(6-8-24)11-13-3-4-15(20)16(21)9-13/h3-4,9-10,12H,5-8,11H2,1-2H3. The minimum absolute atomic E-state index is 0.0476. The largest absolute Gasteiger partial charge is 0.338 e. The predicted molar refractivity (Wildman–Crippen MR) is 105 cm³/mol. The summed E-state index contributed by atoms with van der Waals surface area (Å²) in [5.41, 5.74) is 0.352. The molecule has 1 aromatic carbocycles. The molecule has 5 nitrogen and oxygen atoms in total. The van der Waals surface area contributed by atoms with Crippen LogP contribution in [0.25, 0.3) is 0 Å². The zero-order chi connectivity index (χ0) is 18.9. The van der Waals surface area contributed by atoms with E-state index in [4.69, 9.17) is 34.8 Å². The van der Waals surface area contributed by atoms with Crippen LogP contribution in [0.15, 0.2) is 30.6 Å². The molecule has 0 saturated carbocycles. The van der Waals surface area contributed by atoms with Gasteiger partial charge in [0.15, 0.2) is 0 Å². The summed E-state index contributed by atoms with van der Waals surface area (Å²) in [7, 11) is 0. The molecule has 1 aliphatic rings. The van der Waals surface area contributed by atoms with Crippen LogP contribution in [0, 0.1) is 0 Å². The van der Waals surface area contributed by atoms with Gasteiger partial charge in [-0.15, -0.1) is 0 Å². The second-order valence-corrected chi connectivity index (χ2v) is 8.23. The predicted octanol–water partition coefficient (Wildman–Crippen LogP) is 3.92. The molecule has 0 radical (unpaired) electrons. The summed E-state index contributed by atoms with van der Waals surface area (Å²) in [6, 6.07) is 5.69. The molecule has 1 amide bonds. The summed E-state index contributed by atoms with van der Waals surface area (Å²) in [4.78, 5) is 17.1. The molecule has 1 fully saturated rings. The highest BCUT2D eigenvalue weighted by molar-refractivity contribution is 6.42. The van der Waals surface area contributed by atoms with Crippen molar-refractivity contribution in [3.63, 3.8) is 0 Å². The molecule has 2 aromatic rings. The van der Waals surface area contributed by atoms with Gasteiger partial charge < -0.3 is 4.90 Å². The van der Waals surface area contributed by atoms with Crippen molar-refractivity contribution in [1.29, 1.82) is 0 Å². The number of aromatic nitrogens is 2. The lowest BCUT2D eigenvalue weighted by Crippen LogP contribution is -2.54. The minimum Gasteiger partial charge on any atom is -0.338 e. The van der Waals surface area contributed by atoms with E-state index < -0.39 is 5.54 Å². The molecule has 1 saturated heterocycles. The number of nitrogens with zero attached hydrogens (tertiary/aromatic N) is 4. The second kappa shape index (κ2) is 7.77. The van der Waals surface area contributed by atoms with Crippen LogP contribution in [0.5, 0.6) is 0 Å². The first-order valence-electron chi connectivity index (χ1n) is 8.43. The van der Waals surface area contributed by atoms with Gasteiger partial charge in [0.2, 0.25) is 5.91 Å². The molecule has 0 N–H and O–H groups in total. The van der Waals surface area contributed by atoms with E-state index in [1.165, 1.54) is 0 Å². The van der Waals surface area contributed by atoms with Gasteiger partial charge in [0.25, 0.3) is 0 Å². The zero-order valence-electron chi connectivity index (χ0n) is 14.8. The van der Waals surface area contributed by atoms with E-state index >= 15 is 0 Å². The third-order valence-corrected chi connectivity index (χ3v) is 5.63. The SMILES string of the molecule is CC(C)(C(=O)N1CCN(Cc2ccc(Cl)c(Cl)c2)CC1)n1cc(Cl)cn1. The molecule has 0 atom stereocenters. The maximum atomic E-state index is 12.9. The summed E-state index contributed by atoms with van der Waals surface area (Å²) < 4.78 is 1.62. The van der Waals surface area contributed by atoms with E-state index in [1.54, 1.807) is 17.1 Å². The number of piperazine rings is 1. The Hall–Kier alpha value is -1.27. The number of carbonyl (C=O) groups excluding carboxylic acids is 1. The first kappa shape index (κ1) is 19.5. The molecule has 0 unspecified atom stereocenters. The molecule has 8 heteroatoms. The van der Waals surface area contributed by atoms with Crippen molar-refractivity contribution in [2.45, 2.75) is 25.9 Å². The van der Waals surface area contributed by atoms with Gasteiger partial charge in [-0.2, -0.15) is 5.10 Å². The van der Waals surface area contributed by atoms with Crippen molar-refractivity contribution in [2.24, 2.45) is 0 Å².